The summed E-state index contributed by atoms with van der Waals surface area (Å²) in [6.07, 6.45) is 0. The quantitative estimate of drug-likeness (QED) is 0.757. The van der Waals surface area contributed by atoms with E-state index < -0.39 is 10.0 Å². The molecular formula is C18H22N2O3S2. The molecule has 0 aliphatic carbocycles. The first-order valence-electron chi connectivity index (χ1n) is 7.79. The lowest BCUT2D eigenvalue weighted by Gasteiger charge is -2.15. The Morgan fingerprint density at radius 3 is 2.40 bits per heavy atom. The highest BCUT2D eigenvalue weighted by atomic mass is 32.2. The predicted molar refractivity (Wildman–Crippen MR) is 101 cm³/mol. The van der Waals surface area contributed by atoms with Crippen LogP contribution in [-0.2, 0) is 14.8 Å². The zero-order chi connectivity index (χ0) is 18.6. The third-order valence-corrected chi connectivity index (χ3v) is 5.88. The van der Waals surface area contributed by atoms with Crippen LogP contribution in [0.2, 0.25) is 0 Å². The molecule has 1 atom stereocenters. The molecule has 1 amide bonds. The van der Waals surface area contributed by atoms with Crippen LogP contribution in [0.25, 0.3) is 0 Å². The molecule has 0 saturated heterocycles. The first-order valence-corrected chi connectivity index (χ1v) is 10.3. The second kappa shape index (κ2) is 8.03. The molecule has 7 heteroatoms. The van der Waals surface area contributed by atoms with E-state index in [1.54, 1.807) is 12.1 Å². The summed E-state index contributed by atoms with van der Waals surface area (Å²) < 4.78 is 22.5. The number of amides is 1. The topological polar surface area (TPSA) is 89.3 Å². The molecule has 0 heterocycles. The summed E-state index contributed by atoms with van der Waals surface area (Å²) >= 11 is 1.50. The van der Waals surface area contributed by atoms with Gasteiger partial charge in [-0.3, -0.25) is 4.79 Å². The van der Waals surface area contributed by atoms with Crippen molar-refractivity contribution in [2.75, 3.05) is 5.75 Å². The minimum atomic E-state index is -3.71. The number of nitrogens with two attached hydrogens (primary N) is 1. The first kappa shape index (κ1) is 19.5. The predicted octanol–water partition coefficient (Wildman–Crippen LogP) is 2.92. The van der Waals surface area contributed by atoms with Gasteiger partial charge in [-0.1, -0.05) is 29.8 Å². The fourth-order valence-corrected chi connectivity index (χ4v) is 3.77. The van der Waals surface area contributed by atoms with Crippen LogP contribution in [0.4, 0.5) is 0 Å². The monoisotopic (exact) mass is 378 g/mol. The number of rotatable bonds is 6. The average Bonchev–Trinajstić information content (AvgIpc) is 2.55. The van der Waals surface area contributed by atoms with E-state index in [0.717, 1.165) is 21.6 Å². The molecule has 1 unspecified atom stereocenters. The summed E-state index contributed by atoms with van der Waals surface area (Å²) in [5.74, 6) is 0.248. The van der Waals surface area contributed by atoms with Crippen molar-refractivity contribution in [1.29, 1.82) is 0 Å². The van der Waals surface area contributed by atoms with Gasteiger partial charge in [-0.25, -0.2) is 13.6 Å². The van der Waals surface area contributed by atoms with E-state index in [1.807, 2.05) is 32.9 Å². The maximum atomic E-state index is 12.2. The van der Waals surface area contributed by atoms with Gasteiger partial charge in [0.05, 0.1) is 16.7 Å². The molecule has 0 bridgehead atoms. The molecule has 2 aromatic rings. The molecule has 0 fully saturated rings. The van der Waals surface area contributed by atoms with Crippen LogP contribution in [0.5, 0.6) is 0 Å². The van der Waals surface area contributed by atoms with Gasteiger partial charge >= 0.3 is 0 Å². The fourth-order valence-electron chi connectivity index (χ4n) is 2.32. The molecule has 2 rings (SSSR count). The smallest absolute Gasteiger partial charge is 0.238 e. The number of nitrogens with one attached hydrogen (secondary N) is 1. The number of aryl methyl sites for hydroxylation is 2. The second-order valence-corrected chi connectivity index (χ2v) is 8.54. The molecule has 3 N–H and O–H groups in total. The van der Waals surface area contributed by atoms with Gasteiger partial charge < -0.3 is 5.32 Å². The van der Waals surface area contributed by atoms with E-state index in [2.05, 4.69) is 11.4 Å². The Labute approximate surface area is 153 Å². The number of primary sulfonamides is 1. The van der Waals surface area contributed by atoms with Gasteiger partial charge in [0.25, 0.3) is 0 Å². The van der Waals surface area contributed by atoms with Crippen LogP contribution in [0.15, 0.2) is 52.3 Å². The van der Waals surface area contributed by atoms with Crippen molar-refractivity contribution in [3.8, 4) is 0 Å². The maximum absolute atomic E-state index is 12.2. The Kier molecular flexibility index (Phi) is 6.26. The number of hydrogen-bond donors (Lipinski definition) is 2. The average molecular weight is 379 g/mol. The number of benzene rings is 2. The lowest BCUT2D eigenvalue weighted by molar-refractivity contribution is -0.119. The summed E-state index contributed by atoms with van der Waals surface area (Å²) in [4.78, 5) is 13.3. The van der Waals surface area contributed by atoms with E-state index >= 15 is 0 Å². The lowest BCUT2D eigenvalue weighted by Crippen LogP contribution is -2.28. The normalized spacial score (nSPS) is 12.6. The van der Waals surface area contributed by atoms with Crippen LogP contribution >= 0.6 is 11.8 Å². The zero-order valence-electron chi connectivity index (χ0n) is 14.4. The summed E-state index contributed by atoms with van der Waals surface area (Å²) in [6.45, 7) is 5.90. The molecule has 25 heavy (non-hydrogen) atoms. The molecule has 134 valence electrons. The molecule has 0 aliphatic heterocycles. The zero-order valence-corrected chi connectivity index (χ0v) is 16.1. The van der Waals surface area contributed by atoms with E-state index in [-0.39, 0.29) is 16.8 Å². The maximum Gasteiger partial charge on any atom is 0.238 e. The van der Waals surface area contributed by atoms with Crippen molar-refractivity contribution in [2.45, 2.75) is 36.6 Å². The summed E-state index contributed by atoms with van der Waals surface area (Å²) in [5, 5.41) is 8.00. The van der Waals surface area contributed by atoms with Crippen LogP contribution in [0.1, 0.15) is 29.7 Å². The fraction of sp³-hybridized carbons (Fsp3) is 0.278. The number of thioether (sulfide) groups is 1. The van der Waals surface area contributed by atoms with Gasteiger partial charge in [-0.05, 0) is 50.1 Å². The van der Waals surface area contributed by atoms with Gasteiger partial charge in [0.15, 0.2) is 0 Å². The molecule has 5 nitrogen and oxygen atoms in total. The van der Waals surface area contributed by atoms with E-state index in [9.17, 15) is 13.2 Å². The van der Waals surface area contributed by atoms with Crippen LogP contribution in [0.3, 0.4) is 0 Å². The van der Waals surface area contributed by atoms with Gasteiger partial charge in [-0.15, -0.1) is 11.8 Å². The third-order valence-electron chi connectivity index (χ3n) is 3.79. The molecule has 0 spiro atoms. The van der Waals surface area contributed by atoms with Crippen molar-refractivity contribution in [2.24, 2.45) is 5.14 Å². The molecular weight excluding hydrogens is 356 g/mol. The summed E-state index contributed by atoms with van der Waals surface area (Å²) in [7, 11) is -3.71. The molecule has 0 aliphatic rings. The van der Waals surface area contributed by atoms with Crippen LogP contribution in [-0.4, -0.2) is 20.1 Å². The molecule has 0 radical (unpaired) electrons. The Bertz CT molecular complexity index is 862. The largest absolute Gasteiger partial charge is 0.349 e. The highest BCUT2D eigenvalue weighted by Crippen LogP contribution is 2.23. The Morgan fingerprint density at radius 2 is 1.80 bits per heavy atom. The highest BCUT2D eigenvalue weighted by Gasteiger charge is 2.13. The number of carbonyl (C=O) groups excluding carboxylic acids is 1. The highest BCUT2D eigenvalue weighted by molar-refractivity contribution is 8.00. The van der Waals surface area contributed by atoms with E-state index in [1.165, 1.54) is 23.9 Å². The van der Waals surface area contributed by atoms with Gasteiger partial charge in [0.1, 0.15) is 0 Å². The second-order valence-electron chi connectivity index (χ2n) is 5.96. The lowest BCUT2D eigenvalue weighted by atomic mass is 10.1. The Balaban J connectivity index is 1.94. The minimum absolute atomic E-state index is 0.0558. The Morgan fingerprint density at radius 1 is 1.16 bits per heavy atom. The Hall–Kier alpha value is -1.83. The van der Waals surface area contributed by atoms with Gasteiger partial charge in [0, 0.05) is 4.90 Å². The van der Waals surface area contributed by atoms with Crippen molar-refractivity contribution in [1.82, 2.24) is 5.32 Å². The van der Waals surface area contributed by atoms with Crippen molar-refractivity contribution < 1.29 is 13.2 Å². The first-order chi connectivity index (χ1) is 11.7. The summed E-state index contributed by atoms with van der Waals surface area (Å²) in [5.41, 5.74) is 3.13. The molecule has 0 aromatic heterocycles. The minimum Gasteiger partial charge on any atom is -0.349 e. The van der Waals surface area contributed by atoms with Crippen molar-refractivity contribution >= 4 is 27.7 Å². The van der Waals surface area contributed by atoms with E-state index in [4.69, 9.17) is 5.14 Å². The molecule has 0 saturated carbocycles. The third kappa shape index (κ3) is 5.59. The van der Waals surface area contributed by atoms with E-state index in [0.29, 0.717) is 5.75 Å². The van der Waals surface area contributed by atoms with Gasteiger partial charge in [-0.2, -0.15) is 0 Å². The summed E-state index contributed by atoms with van der Waals surface area (Å²) in [6, 6.07) is 12.1. The number of carbonyl (C=O) groups is 1. The van der Waals surface area contributed by atoms with Crippen molar-refractivity contribution in [3.05, 3.63) is 59.2 Å². The standard InChI is InChI=1S/C18H22N2O3S2/c1-12-4-5-13(2)17(10-12)24-11-18(21)20-14(3)15-6-8-16(9-7-15)25(19,22)23/h4-10,14H,11H2,1-3H3,(H,20,21)(H2,19,22,23). The van der Waals surface area contributed by atoms with Crippen LogP contribution in [0, 0.1) is 13.8 Å². The van der Waals surface area contributed by atoms with Gasteiger partial charge in [0.2, 0.25) is 15.9 Å². The SMILES string of the molecule is Cc1ccc(C)c(SCC(=O)NC(C)c2ccc(S(N)(=O)=O)cc2)c1. The molecule has 2 aromatic carbocycles. The van der Waals surface area contributed by atoms with Crippen LogP contribution < -0.4 is 10.5 Å². The van der Waals surface area contributed by atoms with Crippen molar-refractivity contribution in [3.63, 3.8) is 0 Å². The number of sulfonamides is 1. The number of hydrogen-bond acceptors (Lipinski definition) is 4.